The van der Waals surface area contributed by atoms with E-state index in [0.717, 1.165) is 12.2 Å². The lowest BCUT2D eigenvalue weighted by Gasteiger charge is -2.21. The van der Waals surface area contributed by atoms with Crippen LogP contribution < -0.4 is 10.2 Å². The number of nitrogens with one attached hydrogen (secondary N) is 1. The number of likely N-dealkylation sites (tertiary alicyclic amines) is 1. The summed E-state index contributed by atoms with van der Waals surface area (Å²) in [5.41, 5.74) is 1.64. The van der Waals surface area contributed by atoms with Crippen molar-refractivity contribution < 1.29 is 9.59 Å². The topological polar surface area (TPSA) is 52.7 Å². The predicted molar refractivity (Wildman–Crippen MR) is 88.1 cm³/mol. The van der Waals surface area contributed by atoms with Crippen LogP contribution in [0.4, 0.5) is 5.69 Å². The standard InChI is InChI=1S/C17H25N3O2/c1-12(2)20-11-13(8-16(20)21)10-18-17(22)14-6-5-7-15(9-14)19(3)4/h5-7,9,12-13H,8,10-11H2,1-4H3,(H,18,22). The first kappa shape index (κ1) is 16.3. The van der Waals surface area contributed by atoms with Crippen molar-refractivity contribution in [3.05, 3.63) is 29.8 Å². The molecule has 2 rings (SSSR count). The molecule has 1 heterocycles. The minimum Gasteiger partial charge on any atom is -0.378 e. The minimum absolute atomic E-state index is 0.0841. The van der Waals surface area contributed by atoms with Crippen molar-refractivity contribution in [1.82, 2.24) is 10.2 Å². The molecular formula is C17H25N3O2. The van der Waals surface area contributed by atoms with E-state index in [1.54, 1.807) is 0 Å². The van der Waals surface area contributed by atoms with Crippen molar-refractivity contribution in [2.45, 2.75) is 26.3 Å². The number of hydrogen-bond donors (Lipinski definition) is 1. The van der Waals surface area contributed by atoms with Crippen LogP contribution in [0.1, 0.15) is 30.6 Å². The van der Waals surface area contributed by atoms with Gasteiger partial charge in [-0.3, -0.25) is 9.59 Å². The molecule has 0 aromatic heterocycles. The van der Waals surface area contributed by atoms with Gasteiger partial charge in [-0.05, 0) is 32.0 Å². The zero-order chi connectivity index (χ0) is 16.3. The first-order chi connectivity index (χ1) is 10.4. The van der Waals surface area contributed by atoms with Crippen LogP contribution in [0.5, 0.6) is 0 Å². The van der Waals surface area contributed by atoms with Gasteiger partial charge in [0.2, 0.25) is 5.91 Å². The molecular weight excluding hydrogens is 278 g/mol. The number of rotatable bonds is 5. The fourth-order valence-electron chi connectivity index (χ4n) is 2.71. The smallest absolute Gasteiger partial charge is 0.251 e. The Morgan fingerprint density at radius 3 is 2.73 bits per heavy atom. The molecule has 1 aliphatic rings. The number of benzene rings is 1. The van der Waals surface area contributed by atoms with Gasteiger partial charge in [-0.2, -0.15) is 0 Å². The average molecular weight is 303 g/mol. The molecule has 22 heavy (non-hydrogen) atoms. The Hall–Kier alpha value is -2.04. The monoisotopic (exact) mass is 303 g/mol. The van der Waals surface area contributed by atoms with E-state index >= 15 is 0 Å². The van der Waals surface area contributed by atoms with Crippen molar-refractivity contribution in [1.29, 1.82) is 0 Å². The zero-order valence-corrected chi connectivity index (χ0v) is 13.8. The van der Waals surface area contributed by atoms with Gasteiger partial charge in [0.05, 0.1) is 0 Å². The fourth-order valence-corrected chi connectivity index (χ4v) is 2.71. The maximum Gasteiger partial charge on any atom is 0.251 e. The molecule has 0 saturated carbocycles. The summed E-state index contributed by atoms with van der Waals surface area (Å²) >= 11 is 0. The van der Waals surface area contributed by atoms with Crippen LogP contribution in [0.2, 0.25) is 0 Å². The second kappa shape index (κ2) is 6.81. The number of hydrogen-bond acceptors (Lipinski definition) is 3. The van der Waals surface area contributed by atoms with Gasteiger partial charge in [0, 0.05) is 56.8 Å². The van der Waals surface area contributed by atoms with E-state index in [0.29, 0.717) is 18.5 Å². The molecule has 0 spiro atoms. The van der Waals surface area contributed by atoms with Gasteiger partial charge >= 0.3 is 0 Å². The van der Waals surface area contributed by atoms with E-state index < -0.39 is 0 Å². The quantitative estimate of drug-likeness (QED) is 0.901. The normalized spacial score (nSPS) is 18.0. The van der Waals surface area contributed by atoms with Gasteiger partial charge < -0.3 is 15.1 Å². The summed E-state index contributed by atoms with van der Waals surface area (Å²) in [6, 6.07) is 7.75. The third kappa shape index (κ3) is 3.78. The molecule has 0 aliphatic carbocycles. The SMILES string of the molecule is CC(C)N1CC(CNC(=O)c2cccc(N(C)C)c2)CC1=O. The lowest BCUT2D eigenvalue weighted by molar-refractivity contribution is -0.129. The van der Waals surface area contributed by atoms with E-state index in [1.165, 1.54) is 0 Å². The molecule has 0 radical (unpaired) electrons. The van der Waals surface area contributed by atoms with Gasteiger partial charge in [-0.1, -0.05) is 6.07 Å². The molecule has 1 atom stereocenters. The number of carbonyl (C=O) groups is 2. The summed E-state index contributed by atoms with van der Waals surface area (Å²) in [7, 11) is 3.89. The largest absolute Gasteiger partial charge is 0.378 e. The number of amides is 2. The second-order valence-electron chi connectivity index (χ2n) is 6.36. The van der Waals surface area contributed by atoms with Crippen molar-refractivity contribution >= 4 is 17.5 Å². The van der Waals surface area contributed by atoms with Crippen molar-refractivity contribution in [3.8, 4) is 0 Å². The van der Waals surface area contributed by atoms with Gasteiger partial charge in [0.15, 0.2) is 0 Å². The second-order valence-corrected chi connectivity index (χ2v) is 6.36. The fraction of sp³-hybridized carbons (Fsp3) is 0.529. The average Bonchev–Trinajstić information content (AvgIpc) is 2.86. The maximum absolute atomic E-state index is 12.2. The zero-order valence-electron chi connectivity index (χ0n) is 13.8. The van der Waals surface area contributed by atoms with Crippen LogP contribution in [-0.2, 0) is 4.79 Å². The van der Waals surface area contributed by atoms with Crippen LogP contribution >= 0.6 is 0 Å². The van der Waals surface area contributed by atoms with Crippen LogP contribution in [0.3, 0.4) is 0 Å². The van der Waals surface area contributed by atoms with E-state index in [9.17, 15) is 9.59 Å². The van der Waals surface area contributed by atoms with Gasteiger partial charge in [-0.25, -0.2) is 0 Å². The van der Waals surface area contributed by atoms with Crippen molar-refractivity contribution in [2.75, 3.05) is 32.1 Å². The molecule has 120 valence electrons. The van der Waals surface area contributed by atoms with Crippen molar-refractivity contribution in [3.63, 3.8) is 0 Å². The summed E-state index contributed by atoms with van der Waals surface area (Å²) in [6.07, 6.45) is 0.524. The molecule has 1 fully saturated rings. The highest BCUT2D eigenvalue weighted by molar-refractivity contribution is 5.95. The Morgan fingerprint density at radius 1 is 1.41 bits per heavy atom. The molecule has 1 aromatic carbocycles. The highest BCUT2D eigenvalue weighted by Gasteiger charge is 2.31. The van der Waals surface area contributed by atoms with Crippen LogP contribution in [0.25, 0.3) is 0 Å². The third-order valence-corrected chi connectivity index (χ3v) is 4.04. The molecule has 5 nitrogen and oxygen atoms in total. The van der Waals surface area contributed by atoms with Crippen LogP contribution in [-0.4, -0.2) is 49.9 Å². The van der Waals surface area contributed by atoms with E-state index in [-0.39, 0.29) is 23.8 Å². The van der Waals surface area contributed by atoms with E-state index in [4.69, 9.17) is 0 Å². The predicted octanol–water partition coefficient (Wildman–Crippen LogP) is 1.74. The highest BCUT2D eigenvalue weighted by Crippen LogP contribution is 2.19. The summed E-state index contributed by atoms with van der Waals surface area (Å²) in [5.74, 6) is 0.305. The first-order valence-electron chi connectivity index (χ1n) is 7.73. The minimum atomic E-state index is -0.0841. The molecule has 1 aromatic rings. The highest BCUT2D eigenvalue weighted by atomic mass is 16.2. The van der Waals surface area contributed by atoms with Gasteiger partial charge in [-0.15, -0.1) is 0 Å². The number of carbonyl (C=O) groups excluding carboxylic acids is 2. The summed E-state index contributed by atoms with van der Waals surface area (Å²) in [4.78, 5) is 28.0. The Morgan fingerprint density at radius 2 is 2.14 bits per heavy atom. The van der Waals surface area contributed by atoms with E-state index in [2.05, 4.69) is 5.32 Å². The Labute approximate surface area is 132 Å². The molecule has 1 N–H and O–H groups in total. The Bertz CT molecular complexity index is 555. The molecule has 5 heteroatoms. The Balaban J connectivity index is 1.91. The molecule has 0 bridgehead atoms. The van der Waals surface area contributed by atoms with Crippen LogP contribution in [0.15, 0.2) is 24.3 Å². The number of nitrogens with zero attached hydrogens (tertiary/aromatic N) is 2. The molecule has 1 aliphatic heterocycles. The van der Waals surface area contributed by atoms with Crippen LogP contribution in [0, 0.1) is 5.92 Å². The summed E-state index contributed by atoms with van der Waals surface area (Å²) in [6.45, 7) is 5.31. The first-order valence-corrected chi connectivity index (χ1v) is 7.73. The van der Waals surface area contributed by atoms with Gasteiger partial charge in [0.1, 0.15) is 0 Å². The van der Waals surface area contributed by atoms with Crippen molar-refractivity contribution in [2.24, 2.45) is 5.92 Å². The molecule has 1 saturated heterocycles. The summed E-state index contributed by atoms with van der Waals surface area (Å²) < 4.78 is 0. The molecule has 2 amide bonds. The molecule has 1 unspecified atom stereocenters. The van der Waals surface area contributed by atoms with Gasteiger partial charge in [0.25, 0.3) is 5.91 Å². The lowest BCUT2D eigenvalue weighted by atomic mass is 10.1. The summed E-state index contributed by atoms with van der Waals surface area (Å²) in [5, 5.41) is 2.95. The lowest BCUT2D eigenvalue weighted by Crippen LogP contribution is -2.34. The Kier molecular flexibility index (Phi) is 5.06. The van der Waals surface area contributed by atoms with E-state index in [1.807, 2.05) is 62.0 Å². The number of anilines is 1. The third-order valence-electron chi connectivity index (χ3n) is 4.04. The maximum atomic E-state index is 12.2.